The van der Waals surface area contributed by atoms with Gasteiger partial charge in [-0.2, -0.15) is 0 Å². The molecule has 0 atom stereocenters. The average Bonchev–Trinajstić information content (AvgIpc) is 2.21. The predicted octanol–water partition coefficient (Wildman–Crippen LogP) is 3.74. The zero-order valence-electron chi connectivity index (χ0n) is 14.6. The van der Waals surface area contributed by atoms with Crippen LogP contribution in [-0.4, -0.2) is 22.0 Å². The third-order valence-corrected chi connectivity index (χ3v) is 4.44. The van der Waals surface area contributed by atoms with Gasteiger partial charge in [0.25, 0.3) is 5.91 Å². The van der Waals surface area contributed by atoms with Gasteiger partial charge >= 0.3 is 0 Å². The highest BCUT2D eigenvalue weighted by atomic mass is 16.3. The molecule has 2 N–H and O–H groups in total. The van der Waals surface area contributed by atoms with Gasteiger partial charge in [0.15, 0.2) is 0 Å². The number of carbonyl (C=O) groups is 1. The highest BCUT2D eigenvalue weighted by Gasteiger charge is 2.39. The van der Waals surface area contributed by atoms with E-state index in [1.807, 2.05) is 13.0 Å². The van der Waals surface area contributed by atoms with Crippen LogP contribution < -0.4 is 5.32 Å². The minimum atomic E-state index is -0.221. The Morgan fingerprint density at radius 1 is 1.23 bits per heavy atom. The summed E-state index contributed by atoms with van der Waals surface area (Å²) in [6.07, 6.45) is 3.07. The van der Waals surface area contributed by atoms with Gasteiger partial charge in [0.05, 0.1) is 0 Å². The molecule has 0 radical (unpaired) electrons. The fraction of sp³-hybridized carbons (Fsp3) is 0.667. The van der Waals surface area contributed by atoms with Gasteiger partial charge in [0.1, 0.15) is 5.56 Å². The molecule has 1 aliphatic rings. The van der Waals surface area contributed by atoms with E-state index in [2.05, 4.69) is 38.0 Å². The standard InChI is InChI=1S/C18H28N2O2/c1-11-7-12(2)19-15(21)14(11)16(22)20-13-8-17(3,4)10-18(5,6)9-13/h7,13H,8-10H2,1-6H3,(H,19,21)(H,20,22). The van der Waals surface area contributed by atoms with Gasteiger partial charge in [0, 0.05) is 11.7 Å². The fourth-order valence-corrected chi connectivity index (χ4v) is 4.30. The first kappa shape index (κ1) is 16.8. The minimum absolute atomic E-state index is 0.131. The molecule has 0 aliphatic heterocycles. The first-order chi connectivity index (χ1) is 9.99. The Kier molecular flexibility index (Phi) is 4.24. The molecule has 0 aromatic carbocycles. The van der Waals surface area contributed by atoms with Crippen LogP contribution in [0.1, 0.15) is 68.6 Å². The van der Waals surface area contributed by atoms with E-state index in [-0.39, 0.29) is 28.7 Å². The number of nitrogens with zero attached hydrogens (tertiary/aromatic N) is 1. The second kappa shape index (κ2) is 5.56. The summed E-state index contributed by atoms with van der Waals surface area (Å²) in [7, 11) is 0. The Balaban J connectivity index is 2.19. The molecular weight excluding hydrogens is 276 g/mol. The highest BCUT2D eigenvalue weighted by Crippen LogP contribution is 2.45. The molecule has 1 aromatic rings. The Morgan fingerprint density at radius 3 is 2.27 bits per heavy atom. The van der Waals surface area contributed by atoms with Crippen LogP contribution in [0.2, 0.25) is 0 Å². The van der Waals surface area contributed by atoms with Crippen LogP contribution in [-0.2, 0) is 0 Å². The second-order valence-electron chi connectivity index (χ2n) is 8.36. The zero-order chi connectivity index (χ0) is 16.7. The SMILES string of the molecule is Cc1cc(C)c(C(=O)NC2CC(C)(C)CC(C)(C)C2)c(O)n1. The summed E-state index contributed by atoms with van der Waals surface area (Å²) in [5.41, 5.74) is 2.19. The van der Waals surface area contributed by atoms with E-state index in [0.29, 0.717) is 11.3 Å². The van der Waals surface area contributed by atoms with Crippen molar-refractivity contribution < 1.29 is 9.90 Å². The average molecular weight is 304 g/mol. The minimum Gasteiger partial charge on any atom is -0.493 e. The summed E-state index contributed by atoms with van der Waals surface area (Å²) < 4.78 is 0. The van der Waals surface area contributed by atoms with E-state index >= 15 is 0 Å². The van der Waals surface area contributed by atoms with Crippen LogP contribution in [0.3, 0.4) is 0 Å². The van der Waals surface area contributed by atoms with E-state index in [9.17, 15) is 9.90 Å². The van der Waals surface area contributed by atoms with Crippen LogP contribution in [0.5, 0.6) is 5.88 Å². The molecule has 1 aliphatic carbocycles. The maximum Gasteiger partial charge on any atom is 0.257 e. The van der Waals surface area contributed by atoms with Crippen molar-refractivity contribution in [2.45, 2.75) is 66.8 Å². The molecule has 1 saturated carbocycles. The lowest BCUT2D eigenvalue weighted by molar-refractivity contribution is 0.0711. The predicted molar refractivity (Wildman–Crippen MR) is 88.0 cm³/mol. The molecule has 1 heterocycles. The Bertz CT molecular complexity index is 552. The summed E-state index contributed by atoms with van der Waals surface area (Å²) in [6.45, 7) is 12.7. The third kappa shape index (κ3) is 3.79. The van der Waals surface area contributed by atoms with Crippen molar-refractivity contribution in [1.29, 1.82) is 0 Å². The monoisotopic (exact) mass is 304 g/mol. The highest BCUT2D eigenvalue weighted by molar-refractivity contribution is 5.97. The van der Waals surface area contributed by atoms with Gasteiger partial charge in [-0.05, 0) is 55.6 Å². The summed E-state index contributed by atoms with van der Waals surface area (Å²) in [6, 6.07) is 1.95. The lowest BCUT2D eigenvalue weighted by Crippen LogP contribution is -2.46. The molecule has 4 heteroatoms. The molecule has 2 rings (SSSR count). The van der Waals surface area contributed by atoms with Gasteiger partial charge in [-0.3, -0.25) is 4.79 Å². The normalized spacial score (nSPS) is 20.6. The van der Waals surface area contributed by atoms with Crippen molar-refractivity contribution >= 4 is 5.91 Å². The summed E-state index contributed by atoms with van der Waals surface area (Å²) >= 11 is 0. The number of nitrogens with one attached hydrogen (secondary N) is 1. The first-order valence-corrected chi connectivity index (χ1v) is 7.97. The van der Waals surface area contributed by atoms with Gasteiger partial charge in [-0.15, -0.1) is 0 Å². The molecule has 4 nitrogen and oxygen atoms in total. The quantitative estimate of drug-likeness (QED) is 0.875. The van der Waals surface area contributed by atoms with Crippen LogP contribution in [0, 0.1) is 24.7 Å². The fourth-order valence-electron chi connectivity index (χ4n) is 4.30. The molecule has 0 spiro atoms. The molecule has 0 saturated heterocycles. The maximum atomic E-state index is 12.6. The largest absolute Gasteiger partial charge is 0.493 e. The van der Waals surface area contributed by atoms with Crippen LogP contribution in [0.15, 0.2) is 6.07 Å². The molecule has 1 amide bonds. The first-order valence-electron chi connectivity index (χ1n) is 7.97. The molecule has 0 bridgehead atoms. The number of aromatic hydroxyl groups is 1. The molecule has 1 fully saturated rings. The van der Waals surface area contributed by atoms with Gasteiger partial charge in [-0.25, -0.2) is 4.98 Å². The van der Waals surface area contributed by atoms with E-state index in [1.54, 1.807) is 6.92 Å². The van der Waals surface area contributed by atoms with Crippen molar-refractivity contribution in [3.8, 4) is 5.88 Å². The van der Waals surface area contributed by atoms with Crippen LogP contribution in [0.4, 0.5) is 0 Å². The third-order valence-electron chi connectivity index (χ3n) is 4.44. The molecule has 1 aromatic heterocycles. The van der Waals surface area contributed by atoms with E-state index in [1.165, 1.54) is 0 Å². The summed E-state index contributed by atoms with van der Waals surface area (Å²) in [5.74, 6) is -0.398. The summed E-state index contributed by atoms with van der Waals surface area (Å²) in [5, 5.41) is 13.1. The molecule has 122 valence electrons. The number of carbonyl (C=O) groups excluding carboxylic acids is 1. The van der Waals surface area contributed by atoms with Crippen LogP contribution >= 0.6 is 0 Å². The van der Waals surface area contributed by atoms with Crippen molar-refractivity contribution in [2.75, 3.05) is 0 Å². The number of rotatable bonds is 2. The molecular formula is C18H28N2O2. The number of aryl methyl sites for hydroxylation is 2. The topological polar surface area (TPSA) is 62.2 Å². The van der Waals surface area contributed by atoms with Gasteiger partial charge in [-0.1, -0.05) is 27.7 Å². The van der Waals surface area contributed by atoms with Crippen molar-refractivity contribution in [3.63, 3.8) is 0 Å². The number of amides is 1. The lowest BCUT2D eigenvalue weighted by atomic mass is 9.63. The Morgan fingerprint density at radius 2 is 1.77 bits per heavy atom. The second-order valence-corrected chi connectivity index (χ2v) is 8.36. The van der Waals surface area contributed by atoms with E-state index < -0.39 is 0 Å². The number of pyridine rings is 1. The van der Waals surface area contributed by atoms with Crippen LogP contribution in [0.25, 0.3) is 0 Å². The van der Waals surface area contributed by atoms with Gasteiger partial charge in [0.2, 0.25) is 5.88 Å². The molecule has 0 unspecified atom stereocenters. The van der Waals surface area contributed by atoms with E-state index in [0.717, 1.165) is 24.8 Å². The smallest absolute Gasteiger partial charge is 0.257 e. The van der Waals surface area contributed by atoms with Crippen molar-refractivity contribution in [2.24, 2.45) is 10.8 Å². The van der Waals surface area contributed by atoms with Gasteiger partial charge < -0.3 is 10.4 Å². The summed E-state index contributed by atoms with van der Waals surface area (Å²) in [4.78, 5) is 16.6. The number of aromatic nitrogens is 1. The van der Waals surface area contributed by atoms with Crippen molar-refractivity contribution in [3.05, 3.63) is 22.9 Å². The Labute approximate surface area is 133 Å². The van der Waals surface area contributed by atoms with Crippen molar-refractivity contribution in [1.82, 2.24) is 10.3 Å². The number of hydrogen-bond acceptors (Lipinski definition) is 3. The Hall–Kier alpha value is -1.58. The van der Waals surface area contributed by atoms with E-state index in [4.69, 9.17) is 0 Å². The number of hydrogen-bond donors (Lipinski definition) is 2. The zero-order valence-corrected chi connectivity index (χ0v) is 14.6. The molecule has 22 heavy (non-hydrogen) atoms. The lowest BCUT2D eigenvalue weighted by Gasteiger charge is -2.45. The maximum absolute atomic E-state index is 12.6.